The molecule has 0 saturated heterocycles. The van der Waals surface area contributed by atoms with Gasteiger partial charge in [0.05, 0.1) is 19.4 Å². The molecular weight excluding hydrogens is 359 g/mol. The maximum absolute atomic E-state index is 13.3. The average Bonchev–Trinajstić information content (AvgIpc) is 3.19. The van der Waals surface area contributed by atoms with Crippen molar-refractivity contribution in [2.24, 2.45) is 0 Å². The summed E-state index contributed by atoms with van der Waals surface area (Å²) in [5.74, 6) is 1.53. The molecule has 0 bridgehead atoms. The second-order valence-electron chi connectivity index (χ2n) is 6.42. The van der Waals surface area contributed by atoms with Gasteiger partial charge in [0.2, 0.25) is 5.91 Å². The molecule has 0 fully saturated rings. The number of nitrogens with one attached hydrogen (secondary N) is 1. The Kier molecular flexibility index (Phi) is 6.81. The third-order valence-electron chi connectivity index (χ3n) is 4.25. The molecule has 28 heavy (non-hydrogen) atoms. The molecule has 0 spiro atoms. The van der Waals surface area contributed by atoms with Gasteiger partial charge in [-0.2, -0.15) is 0 Å². The Bertz CT molecular complexity index is 896. The van der Waals surface area contributed by atoms with Crippen LogP contribution in [0.5, 0.6) is 11.5 Å². The molecule has 2 aromatic carbocycles. The van der Waals surface area contributed by atoms with Gasteiger partial charge in [-0.05, 0) is 48.4 Å². The predicted molar refractivity (Wildman–Crippen MR) is 105 cm³/mol. The molecule has 1 heterocycles. The van der Waals surface area contributed by atoms with Crippen LogP contribution in [0.1, 0.15) is 11.3 Å². The first-order chi connectivity index (χ1) is 13.6. The Morgan fingerprint density at radius 1 is 1.11 bits per heavy atom. The highest BCUT2D eigenvalue weighted by Crippen LogP contribution is 2.23. The van der Waals surface area contributed by atoms with Gasteiger partial charge in [-0.1, -0.05) is 18.2 Å². The smallest absolute Gasteiger partial charge is 0.233 e. The van der Waals surface area contributed by atoms with E-state index in [-0.39, 0.29) is 18.3 Å². The van der Waals surface area contributed by atoms with E-state index in [1.807, 2.05) is 41.3 Å². The fourth-order valence-electron chi connectivity index (χ4n) is 2.84. The van der Waals surface area contributed by atoms with Crippen LogP contribution in [0.2, 0.25) is 0 Å². The molecule has 146 valence electrons. The average molecular weight is 382 g/mol. The van der Waals surface area contributed by atoms with Crippen LogP contribution in [-0.2, 0) is 17.8 Å². The normalized spacial score (nSPS) is 10.8. The summed E-state index contributed by atoms with van der Waals surface area (Å²) in [6, 6.07) is 17.4. The molecule has 1 amide bonds. The van der Waals surface area contributed by atoms with Crippen molar-refractivity contribution in [3.8, 4) is 11.5 Å². The quantitative estimate of drug-likeness (QED) is 0.608. The van der Waals surface area contributed by atoms with Crippen molar-refractivity contribution in [3.05, 3.63) is 84.1 Å². The van der Waals surface area contributed by atoms with E-state index in [0.29, 0.717) is 24.6 Å². The SMILES string of the molecule is CNC(=O)CN(CCc1cccc(Oc2cccc(F)c2)c1)Cc1ccco1. The molecule has 3 rings (SSSR count). The molecule has 1 N–H and O–H groups in total. The molecule has 0 radical (unpaired) electrons. The lowest BCUT2D eigenvalue weighted by molar-refractivity contribution is -0.121. The number of hydrogen-bond donors (Lipinski definition) is 1. The fraction of sp³-hybridized carbons (Fsp3) is 0.227. The van der Waals surface area contributed by atoms with Gasteiger partial charge in [0, 0.05) is 19.7 Å². The largest absolute Gasteiger partial charge is 0.468 e. The van der Waals surface area contributed by atoms with Crippen LogP contribution < -0.4 is 10.1 Å². The van der Waals surface area contributed by atoms with Crippen LogP contribution in [0, 0.1) is 5.82 Å². The summed E-state index contributed by atoms with van der Waals surface area (Å²) in [5, 5.41) is 2.65. The van der Waals surface area contributed by atoms with Gasteiger partial charge >= 0.3 is 0 Å². The first kappa shape index (κ1) is 19.6. The Morgan fingerprint density at radius 3 is 2.61 bits per heavy atom. The predicted octanol–water partition coefficient (Wildman–Crippen LogP) is 4.00. The van der Waals surface area contributed by atoms with Crippen molar-refractivity contribution in [1.29, 1.82) is 0 Å². The lowest BCUT2D eigenvalue weighted by atomic mass is 10.1. The van der Waals surface area contributed by atoms with Crippen LogP contribution in [-0.4, -0.2) is 30.9 Å². The highest BCUT2D eigenvalue weighted by molar-refractivity contribution is 5.77. The van der Waals surface area contributed by atoms with E-state index in [2.05, 4.69) is 5.32 Å². The molecule has 0 saturated carbocycles. The Morgan fingerprint density at radius 2 is 1.89 bits per heavy atom. The van der Waals surface area contributed by atoms with Crippen molar-refractivity contribution in [3.63, 3.8) is 0 Å². The minimum absolute atomic E-state index is 0.0465. The van der Waals surface area contributed by atoms with Gasteiger partial charge < -0.3 is 14.5 Å². The summed E-state index contributed by atoms with van der Waals surface area (Å²) in [6.07, 6.45) is 2.36. The van der Waals surface area contributed by atoms with E-state index in [0.717, 1.165) is 17.7 Å². The Labute approximate surface area is 163 Å². The maximum Gasteiger partial charge on any atom is 0.233 e. The standard InChI is InChI=1S/C22H23FN2O3/c1-24-22(26)16-25(15-21-9-4-12-27-21)11-10-17-5-2-7-19(13-17)28-20-8-3-6-18(23)14-20/h2-9,12-14H,10-11,15-16H2,1H3,(H,24,26). The topological polar surface area (TPSA) is 54.7 Å². The van der Waals surface area contributed by atoms with E-state index in [9.17, 15) is 9.18 Å². The molecule has 0 aliphatic rings. The lowest BCUT2D eigenvalue weighted by Gasteiger charge is -2.20. The minimum atomic E-state index is -0.337. The van der Waals surface area contributed by atoms with Crippen molar-refractivity contribution < 1.29 is 18.3 Å². The number of amides is 1. The number of carbonyl (C=O) groups excluding carboxylic acids is 1. The highest BCUT2D eigenvalue weighted by atomic mass is 19.1. The highest BCUT2D eigenvalue weighted by Gasteiger charge is 2.12. The zero-order valence-corrected chi connectivity index (χ0v) is 15.7. The zero-order chi connectivity index (χ0) is 19.8. The molecule has 3 aromatic rings. The summed E-state index contributed by atoms with van der Waals surface area (Å²) in [5.41, 5.74) is 1.07. The monoisotopic (exact) mass is 382 g/mol. The summed E-state index contributed by atoms with van der Waals surface area (Å²) in [7, 11) is 1.63. The minimum Gasteiger partial charge on any atom is -0.468 e. The molecule has 1 aromatic heterocycles. The molecule has 6 heteroatoms. The number of ether oxygens (including phenoxy) is 1. The van der Waals surface area contributed by atoms with Gasteiger partial charge in [0.1, 0.15) is 23.1 Å². The van der Waals surface area contributed by atoms with E-state index >= 15 is 0 Å². The summed E-state index contributed by atoms with van der Waals surface area (Å²) in [6.45, 7) is 1.52. The summed E-state index contributed by atoms with van der Waals surface area (Å²) in [4.78, 5) is 13.8. The summed E-state index contributed by atoms with van der Waals surface area (Å²) < 4.78 is 24.5. The van der Waals surface area contributed by atoms with Crippen LogP contribution >= 0.6 is 0 Å². The van der Waals surface area contributed by atoms with Crippen LogP contribution in [0.15, 0.2) is 71.3 Å². The van der Waals surface area contributed by atoms with E-state index in [1.54, 1.807) is 25.4 Å². The van der Waals surface area contributed by atoms with Crippen LogP contribution in [0.3, 0.4) is 0 Å². The maximum atomic E-state index is 13.3. The molecule has 0 unspecified atom stereocenters. The van der Waals surface area contributed by atoms with Gasteiger partial charge in [-0.3, -0.25) is 9.69 Å². The molecular formula is C22H23FN2O3. The number of hydrogen-bond acceptors (Lipinski definition) is 4. The van der Waals surface area contributed by atoms with Crippen LogP contribution in [0.25, 0.3) is 0 Å². The molecule has 0 aliphatic carbocycles. The van der Waals surface area contributed by atoms with Gasteiger partial charge in [-0.25, -0.2) is 4.39 Å². The first-order valence-corrected chi connectivity index (χ1v) is 9.10. The first-order valence-electron chi connectivity index (χ1n) is 9.10. The van der Waals surface area contributed by atoms with Gasteiger partial charge in [-0.15, -0.1) is 0 Å². The number of halogens is 1. The van der Waals surface area contributed by atoms with Crippen molar-refractivity contribution >= 4 is 5.91 Å². The Hall–Kier alpha value is -3.12. The number of furan rings is 1. The summed E-state index contributed by atoms with van der Waals surface area (Å²) >= 11 is 0. The zero-order valence-electron chi connectivity index (χ0n) is 15.7. The number of rotatable bonds is 9. The van der Waals surface area contributed by atoms with E-state index < -0.39 is 0 Å². The van der Waals surface area contributed by atoms with Crippen LogP contribution in [0.4, 0.5) is 4.39 Å². The number of benzene rings is 2. The van der Waals surface area contributed by atoms with Crippen molar-refractivity contribution in [1.82, 2.24) is 10.2 Å². The molecule has 5 nitrogen and oxygen atoms in total. The fourth-order valence-corrected chi connectivity index (χ4v) is 2.84. The van der Waals surface area contributed by atoms with E-state index in [4.69, 9.17) is 9.15 Å². The second kappa shape index (κ2) is 9.71. The number of likely N-dealkylation sites (N-methyl/N-ethyl adjacent to an activating group) is 1. The molecule has 0 aliphatic heterocycles. The van der Waals surface area contributed by atoms with Gasteiger partial charge in [0.15, 0.2) is 0 Å². The third kappa shape index (κ3) is 5.96. The number of nitrogens with zero attached hydrogens (tertiary/aromatic N) is 1. The second-order valence-corrected chi connectivity index (χ2v) is 6.42. The lowest BCUT2D eigenvalue weighted by Crippen LogP contribution is -2.36. The third-order valence-corrected chi connectivity index (χ3v) is 4.25. The van der Waals surface area contributed by atoms with Gasteiger partial charge in [0.25, 0.3) is 0 Å². The Balaban J connectivity index is 1.63. The van der Waals surface area contributed by atoms with Crippen molar-refractivity contribution in [2.75, 3.05) is 20.1 Å². The molecule has 0 atom stereocenters. The number of carbonyl (C=O) groups is 1. The van der Waals surface area contributed by atoms with Crippen molar-refractivity contribution in [2.45, 2.75) is 13.0 Å². The van der Waals surface area contributed by atoms with E-state index in [1.165, 1.54) is 12.1 Å².